The summed E-state index contributed by atoms with van der Waals surface area (Å²) in [7, 11) is 0. The lowest BCUT2D eigenvalue weighted by Gasteiger charge is -2.33. The predicted molar refractivity (Wildman–Crippen MR) is 127 cm³/mol. The largest absolute Gasteiger partial charge is 0.484 e. The monoisotopic (exact) mass is 436 g/mol. The lowest BCUT2D eigenvalue weighted by Crippen LogP contribution is -2.52. The molecule has 0 aromatic heterocycles. The van der Waals surface area contributed by atoms with Crippen molar-refractivity contribution in [3.05, 3.63) is 65.2 Å². The molecular weight excluding hydrogens is 400 g/mol. The lowest BCUT2D eigenvalue weighted by molar-refractivity contribution is -0.143. The van der Waals surface area contributed by atoms with Crippen LogP contribution in [0.2, 0.25) is 0 Å². The van der Waals surface area contributed by atoms with Gasteiger partial charge in [0.2, 0.25) is 5.91 Å². The summed E-state index contributed by atoms with van der Waals surface area (Å²) in [5.74, 6) is 0.454. The summed E-state index contributed by atoms with van der Waals surface area (Å²) in [5.41, 5.74) is 3.13. The van der Waals surface area contributed by atoms with Gasteiger partial charge in [0.1, 0.15) is 11.8 Å². The average Bonchev–Trinajstić information content (AvgIpc) is 2.80. The normalized spacial score (nSPS) is 15.1. The van der Waals surface area contributed by atoms with Crippen LogP contribution in [0.3, 0.4) is 0 Å². The third-order valence-electron chi connectivity index (χ3n) is 6.38. The minimum atomic E-state index is -0.524. The van der Waals surface area contributed by atoms with Gasteiger partial charge in [-0.3, -0.25) is 9.59 Å². The van der Waals surface area contributed by atoms with Crippen LogP contribution in [-0.2, 0) is 16.1 Å². The molecule has 1 unspecified atom stereocenters. The molecule has 3 rings (SSSR count). The molecule has 172 valence electrons. The molecule has 0 heterocycles. The smallest absolute Gasteiger partial charge is 0.261 e. The van der Waals surface area contributed by atoms with Crippen molar-refractivity contribution in [3.8, 4) is 5.75 Å². The van der Waals surface area contributed by atoms with Gasteiger partial charge < -0.3 is 15.0 Å². The number of carbonyl (C=O) groups is 2. The van der Waals surface area contributed by atoms with Crippen molar-refractivity contribution in [2.75, 3.05) is 6.61 Å². The highest BCUT2D eigenvalue weighted by Crippen LogP contribution is 2.21. The highest BCUT2D eigenvalue weighted by atomic mass is 16.5. The zero-order valence-corrected chi connectivity index (χ0v) is 19.6. The summed E-state index contributed by atoms with van der Waals surface area (Å²) >= 11 is 0. The Balaban J connectivity index is 1.77. The van der Waals surface area contributed by atoms with Crippen molar-refractivity contribution in [3.63, 3.8) is 0 Å². The minimum absolute atomic E-state index is 0.0581. The molecule has 0 bridgehead atoms. The second-order valence-corrected chi connectivity index (χ2v) is 8.77. The Bertz CT molecular complexity index is 905. The van der Waals surface area contributed by atoms with Gasteiger partial charge in [-0.25, -0.2) is 0 Å². The molecule has 2 amide bonds. The maximum atomic E-state index is 13.4. The third-order valence-corrected chi connectivity index (χ3v) is 6.38. The average molecular weight is 437 g/mol. The van der Waals surface area contributed by atoms with Crippen molar-refractivity contribution in [1.82, 2.24) is 10.2 Å². The number of rotatable bonds is 9. The molecule has 1 fully saturated rings. The highest BCUT2D eigenvalue weighted by molar-refractivity contribution is 5.88. The van der Waals surface area contributed by atoms with E-state index in [1.807, 2.05) is 69.3 Å². The Hall–Kier alpha value is -2.82. The fraction of sp³-hybridized carbons (Fsp3) is 0.481. The molecule has 1 aliphatic carbocycles. The number of carbonyl (C=O) groups excluding carboxylic acids is 2. The molecular formula is C27H36N2O3. The third kappa shape index (κ3) is 6.35. The van der Waals surface area contributed by atoms with Crippen molar-refractivity contribution in [1.29, 1.82) is 0 Å². The molecule has 1 N–H and O–H groups in total. The Kier molecular flexibility index (Phi) is 8.72. The van der Waals surface area contributed by atoms with Gasteiger partial charge in [0.15, 0.2) is 6.61 Å². The van der Waals surface area contributed by atoms with Crippen LogP contribution in [0.4, 0.5) is 0 Å². The van der Waals surface area contributed by atoms with Gasteiger partial charge >= 0.3 is 0 Å². The molecule has 0 saturated heterocycles. The van der Waals surface area contributed by atoms with E-state index in [1.54, 1.807) is 4.90 Å². The molecule has 0 aliphatic heterocycles. The number of para-hydroxylation sites is 1. The number of nitrogens with one attached hydrogen (secondary N) is 1. The minimum Gasteiger partial charge on any atom is -0.484 e. The van der Waals surface area contributed by atoms with Crippen molar-refractivity contribution < 1.29 is 14.3 Å². The van der Waals surface area contributed by atoms with E-state index in [-0.39, 0.29) is 24.5 Å². The molecule has 2 aromatic carbocycles. The van der Waals surface area contributed by atoms with Crippen LogP contribution in [0.25, 0.3) is 0 Å². The second kappa shape index (κ2) is 11.7. The van der Waals surface area contributed by atoms with Crippen molar-refractivity contribution >= 4 is 11.8 Å². The van der Waals surface area contributed by atoms with Crippen molar-refractivity contribution in [2.45, 2.75) is 77.9 Å². The van der Waals surface area contributed by atoms with E-state index in [0.717, 1.165) is 42.4 Å². The fourth-order valence-electron chi connectivity index (χ4n) is 4.38. The first kappa shape index (κ1) is 23.8. The number of benzene rings is 2. The Labute approximate surface area is 192 Å². The van der Waals surface area contributed by atoms with Crippen LogP contribution < -0.4 is 10.1 Å². The molecule has 2 aromatic rings. The van der Waals surface area contributed by atoms with E-state index >= 15 is 0 Å². The molecule has 1 saturated carbocycles. The maximum absolute atomic E-state index is 13.4. The second-order valence-electron chi connectivity index (χ2n) is 8.77. The Morgan fingerprint density at radius 2 is 1.66 bits per heavy atom. The summed E-state index contributed by atoms with van der Waals surface area (Å²) in [4.78, 5) is 28.3. The quantitative estimate of drug-likeness (QED) is 0.606. The molecule has 1 atom stereocenters. The van der Waals surface area contributed by atoms with Crippen LogP contribution in [0.5, 0.6) is 5.75 Å². The van der Waals surface area contributed by atoms with E-state index in [4.69, 9.17) is 4.74 Å². The zero-order chi connectivity index (χ0) is 22.9. The molecule has 5 heteroatoms. The topological polar surface area (TPSA) is 58.6 Å². The SMILES string of the molecule is CCC(C(=O)NC1CCCCC1)N(Cc1ccccc1C)C(=O)COc1ccccc1C. The molecule has 32 heavy (non-hydrogen) atoms. The van der Waals surface area contributed by atoms with E-state index in [1.165, 1.54) is 6.42 Å². The van der Waals surface area contributed by atoms with Gasteiger partial charge in [0.25, 0.3) is 5.91 Å². The maximum Gasteiger partial charge on any atom is 0.261 e. The van der Waals surface area contributed by atoms with Gasteiger partial charge in [0.05, 0.1) is 0 Å². The van der Waals surface area contributed by atoms with E-state index in [2.05, 4.69) is 5.32 Å². The summed E-state index contributed by atoms with van der Waals surface area (Å²) in [6, 6.07) is 15.3. The van der Waals surface area contributed by atoms with Crippen LogP contribution in [-0.4, -0.2) is 35.4 Å². The van der Waals surface area contributed by atoms with E-state index in [9.17, 15) is 9.59 Å². The van der Waals surface area contributed by atoms with E-state index < -0.39 is 6.04 Å². The van der Waals surface area contributed by atoms with Crippen LogP contribution >= 0.6 is 0 Å². The van der Waals surface area contributed by atoms with Crippen molar-refractivity contribution in [2.24, 2.45) is 0 Å². The number of hydrogen-bond donors (Lipinski definition) is 1. The van der Waals surface area contributed by atoms with Gasteiger partial charge in [-0.2, -0.15) is 0 Å². The van der Waals surface area contributed by atoms with Gasteiger partial charge in [-0.1, -0.05) is 68.7 Å². The fourth-order valence-corrected chi connectivity index (χ4v) is 4.38. The summed E-state index contributed by atoms with van der Waals surface area (Å²) in [6.07, 6.45) is 6.13. The number of aryl methyl sites for hydroxylation is 2. The van der Waals surface area contributed by atoms with Gasteiger partial charge in [-0.05, 0) is 55.9 Å². The lowest BCUT2D eigenvalue weighted by atomic mass is 9.95. The molecule has 5 nitrogen and oxygen atoms in total. The zero-order valence-electron chi connectivity index (χ0n) is 19.6. The standard InChI is InChI=1S/C27H36N2O3/c1-4-24(27(31)28-23-15-6-5-7-16-23)29(18-22-14-10-8-12-20(22)2)26(30)19-32-25-17-11-9-13-21(25)3/h8-14,17,23-24H,4-7,15-16,18-19H2,1-3H3,(H,28,31). The first-order chi connectivity index (χ1) is 15.5. The number of nitrogens with zero attached hydrogens (tertiary/aromatic N) is 1. The van der Waals surface area contributed by atoms with Crippen LogP contribution in [0.15, 0.2) is 48.5 Å². The number of hydrogen-bond acceptors (Lipinski definition) is 3. The first-order valence-electron chi connectivity index (χ1n) is 11.8. The Morgan fingerprint density at radius 1 is 1.00 bits per heavy atom. The summed E-state index contributed by atoms with van der Waals surface area (Å²) < 4.78 is 5.85. The van der Waals surface area contributed by atoms with Crippen LogP contribution in [0, 0.1) is 13.8 Å². The Morgan fingerprint density at radius 3 is 2.31 bits per heavy atom. The molecule has 0 spiro atoms. The summed E-state index contributed by atoms with van der Waals surface area (Å²) in [5, 5.41) is 3.21. The van der Waals surface area contributed by atoms with Crippen LogP contribution in [0.1, 0.15) is 62.1 Å². The van der Waals surface area contributed by atoms with Gasteiger partial charge in [-0.15, -0.1) is 0 Å². The first-order valence-corrected chi connectivity index (χ1v) is 11.8. The highest BCUT2D eigenvalue weighted by Gasteiger charge is 2.30. The molecule has 1 aliphatic rings. The van der Waals surface area contributed by atoms with Gasteiger partial charge in [0, 0.05) is 12.6 Å². The molecule has 0 radical (unpaired) electrons. The number of amides is 2. The number of ether oxygens (including phenoxy) is 1. The van der Waals surface area contributed by atoms with E-state index in [0.29, 0.717) is 18.7 Å². The predicted octanol–water partition coefficient (Wildman–Crippen LogP) is 4.94. The summed E-state index contributed by atoms with van der Waals surface area (Å²) in [6.45, 7) is 6.25.